The lowest BCUT2D eigenvalue weighted by atomic mass is 10.0. The predicted octanol–water partition coefficient (Wildman–Crippen LogP) is 3.88. The van der Waals surface area contributed by atoms with Crippen LogP contribution in [0.1, 0.15) is 49.7 Å². The van der Waals surface area contributed by atoms with Crippen molar-refractivity contribution in [2.24, 2.45) is 0 Å². The minimum Gasteiger partial charge on any atom is -0.334 e. The van der Waals surface area contributed by atoms with Gasteiger partial charge in [0.2, 0.25) is 0 Å². The van der Waals surface area contributed by atoms with Crippen LogP contribution in [0.2, 0.25) is 0 Å². The van der Waals surface area contributed by atoms with Gasteiger partial charge < -0.3 is 9.88 Å². The molecule has 0 spiro atoms. The minimum atomic E-state index is 0.334. The van der Waals surface area contributed by atoms with Gasteiger partial charge in [-0.15, -0.1) is 0 Å². The Morgan fingerprint density at radius 3 is 2.62 bits per heavy atom. The fourth-order valence-corrected chi connectivity index (χ4v) is 2.61. The first kappa shape index (κ1) is 15.8. The van der Waals surface area contributed by atoms with Gasteiger partial charge in [-0.25, -0.2) is 4.98 Å². The van der Waals surface area contributed by atoms with Crippen LogP contribution in [0.3, 0.4) is 0 Å². The summed E-state index contributed by atoms with van der Waals surface area (Å²) in [4.78, 5) is 4.57. The summed E-state index contributed by atoms with van der Waals surface area (Å²) in [6.07, 6.45) is 7.29. The van der Waals surface area contributed by atoms with Gasteiger partial charge in [0.05, 0.1) is 6.04 Å². The molecular weight excluding hydrogens is 258 g/mol. The first-order valence-corrected chi connectivity index (χ1v) is 8.04. The number of aryl methyl sites for hydroxylation is 3. The molecule has 1 aromatic heterocycles. The van der Waals surface area contributed by atoms with Crippen LogP contribution in [-0.2, 0) is 13.0 Å². The second-order valence-corrected chi connectivity index (χ2v) is 5.60. The maximum absolute atomic E-state index is 4.57. The van der Waals surface area contributed by atoms with Gasteiger partial charge in [-0.2, -0.15) is 0 Å². The average Bonchev–Trinajstić information content (AvgIpc) is 2.97. The van der Waals surface area contributed by atoms with Gasteiger partial charge in [0.25, 0.3) is 0 Å². The zero-order chi connectivity index (χ0) is 15.1. The van der Waals surface area contributed by atoms with E-state index >= 15 is 0 Å². The number of benzene rings is 1. The van der Waals surface area contributed by atoms with E-state index in [-0.39, 0.29) is 0 Å². The third kappa shape index (κ3) is 4.43. The minimum absolute atomic E-state index is 0.334. The van der Waals surface area contributed by atoms with Crippen LogP contribution >= 0.6 is 0 Å². The number of aromatic nitrogens is 2. The fourth-order valence-electron chi connectivity index (χ4n) is 2.61. The third-order valence-electron chi connectivity index (χ3n) is 3.88. The van der Waals surface area contributed by atoms with Gasteiger partial charge >= 0.3 is 0 Å². The van der Waals surface area contributed by atoms with E-state index in [1.807, 2.05) is 6.20 Å². The van der Waals surface area contributed by atoms with Crippen molar-refractivity contribution in [3.8, 4) is 0 Å². The number of rotatable bonds is 8. The van der Waals surface area contributed by atoms with Crippen LogP contribution < -0.4 is 5.32 Å². The molecule has 0 saturated carbocycles. The number of nitrogens with one attached hydrogen (secondary N) is 1. The molecule has 2 rings (SSSR count). The van der Waals surface area contributed by atoms with Crippen molar-refractivity contribution in [2.45, 2.75) is 52.6 Å². The van der Waals surface area contributed by atoms with Crippen molar-refractivity contribution in [3.05, 3.63) is 53.6 Å². The summed E-state index contributed by atoms with van der Waals surface area (Å²) >= 11 is 0. The number of hydrogen-bond acceptors (Lipinski definition) is 2. The molecule has 0 radical (unpaired) electrons. The summed E-state index contributed by atoms with van der Waals surface area (Å²) in [7, 11) is 0. The molecule has 0 fully saturated rings. The normalized spacial score (nSPS) is 12.5. The monoisotopic (exact) mass is 285 g/mol. The van der Waals surface area contributed by atoms with E-state index in [9.17, 15) is 0 Å². The molecule has 0 aliphatic heterocycles. The van der Waals surface area contributed by atoms with E-state index in [0.29, 0.717) is 6.04 Å². The van der Waals surface area contributed by atoms with E-state index in [1.165, 1.54) is 11.1 Å². The van der Waals surface area contributed by atoms with Crippen LogP contribution in [0.5, 0.6) is 0 Å². The Labute approximate surface area is 128 Å². The second kappa shape index (κ2) is 7.99. The third-order valence-corrected chi connectivity index (χ3v) is 3.88. The standard InChI is InChI=1S/C18H27N3/c1-4-12-19-17(18-20-13-14-21(18)5-2)11-10-16-8-6-15(3)7-9-16/h6-9,13-14,17,19H,4-5,10-12H2,1-3H3. The first-order valence-electron chi connectivity index (χ1n) is 8.04. The van der Waals surface area contributed by atoms with Crippen molar-refractivity contribution in [2.75, 3.05) is 6.54 Å². The van der Waals surface area contributed by atoms with E-state index in [2.05, 4.69) is 66.1 Å². The van der Waals surface area contributed by atoms with Gasteiger partial charge in [-0.05, 0) is 45.2 Å². The molecule has 3 nitrogen and oxygen atoms in total. The predicted molar refractivity (Wildman–Crippen MR) is 88.4 cm³/mol. The summed E-state index contributed by atoms with van der Waals surface area (Å²) in [5.41, 5.74) is 2.72. The molecule has 1 heterocycles. The molecule has 3 heteroatoms. The Morgan fingerprint density at radius 1 is 1.19 bits per heavy atom. The molecule has 1 unspecified atom stereocenters. The van der Waals surface area contributed by atoms with Crippen LogP contribution in [0.4, 0.5) is 0 Å². The van der Waals surface area contributed by atoms with Gasteiger partial charge in [0.1, 0.15) is 5.82 Å². The maximum Gasteiger partial charge on any atom is 0.125 e. The Morgan fingerprint density at radius 2 is 1.95 bits per heavy atom. The largest absolute Gasteiger partial charge is 0.334 e. The molecule has 1 atom stereocenters. The maximum atomic E-state index is 4.57. The number of nitrogens with zero attached hydrogens (tertiary/aromatic N) is 2. The topological polar surface area (TPSA) is 29.9 Å². The summed E-state index contributed by atoms with van der Waals surface area (Å²) < 4.78 is 2.24. The van der Waals surface area contributed by atoms with Crippen molar-refractivity contribution < 1.29 is 0 Å². The Kier molecular flexibility index (Phi) is 6.00. The molecule has 0 amide bonds. The summed E-state index contributed by atoms with van der Waals surface area (Å²) in [6, 6.07) is 9.19. The highest BCUT2D eigenvalue weighted by atomic mass is 15.1. The van der Waals surface area contributed by atoms with Crippen LogP contribution in [0.25, 0.3) is 0 Å². The van der Waals surface area contributed by atoms with Crippen molar-refractivity contribution >= 4 is 0 Å². The fraction of sp³-hybridized carbons (Fsp3) is 0.500. The highest BCUT2D eigenvalue weighted by Crippen LogP contribution is 2.18. The number of hydrogen-bond donors (Lipinski definition) is 1. The molecule has 1 N–H and O–H groups in total. The molecule has 2 aromatic rings. The highest BCUT2D eigenvalue weighted by Gasteiger charge is 2.15. The zero-order valence-corrected chi connectivity index (χ0v) is 13.5. The second-order valence-electron chi connectivity index (χ2n) is 5.60. The van der Waals surface area contributed by atoms with Crippen molar-refractivity contribution in [3.63, 3.8) is 0 Å². The van der Waals surface area contributed by atoms with Gasteiger partial charge in [-0.3, -0.25) is 0 Å². The summed E-state index contributed by atoms with van der Waals surface area (Å²) in [6.45, 7) is 8.52. The zero-order valence-electron chi connectivity index (χ0n) is 13.5. The van der Waals surface area contributed by atoms with E-state index in [1.54, 1.807) is 0 Å². The SMILES string of the molecule is CCCNC(CCc1ccc(C)cc1)c1nccn1CC. The van der Waals surface area contributed by atoms with Crippen LogP contribution in [0, 0.1) is 6.92 Å². The Balaban J connectivity index is 2.04. The molecule has 0 saturated heterocycles. The Bertz CT molecular complexity index is 528. The number of imidazole rings is 1. The van der Waals surface area contributed by atoms with Crippen LogP contribution in [0.15, 0.2) is 36.7 Å². The highest BCUT2D eigenvalue weighted by molar-refractivity contribution is 5.21. The van der Waals surface area contributed by atoms with Crippen molar-refractivity contribution in [1.82, 2.24) is 14.9 Å². The van der Waals surface area contributed by atoms with Gasteiger partial charge in [0.15, 0.2) is 0 Å². The molecule has 21 heavy (non-hydrogen) atoms. The quantitative estimate of drug-likeness (QED) is 0.797. The molecule has 0 bridgehead atoms. The lowest BCUT2D eigenvalue weighted by molar-refractivity contribution is 0.458. The Hall–Kier alpha value is -1.61. The van der Waals surface area contributed by atoms with Gasteiger partial charge in [-0.1, -0.05) is 36.8 Å². The molecular formula is C18H27N3. The molecule has 0 aliphatic rings. The van der Waals surface area contributed by atoms with E-state index < -0.39 is 0 Å². The van der Waals surface area contributed by atoms with E-state index in [0.717, 1.165) is 38.2 Å². The summed E-state index contributed by atoms with van der Waals surface area (Å²) in [5.74, 6) is 1.16. The average molecular weight is 285 g/mol. The summed E-state index contributed by atoms with van der Waals surface area (Å²) in [5, 5.41) is 3.64. The van der Waals surface area contributed by atoms with Crippen LogP contribution in [-0.4, -0.2) is 16.1 Å². The van der Waals surface area contributed by atoms with Crippen molar-refractivity contribution in [1.29, 1.82) is 0 Å². The smallest absolute Gasteiger partial charge is 0.125 e. The lowest BCUT2D eigenvalue weighted by Crippen LogP contribution is -2.25. The molecule has 1 aromatic carbocycles. The van der Waals surface area contributed by atoms with E-state index in [4.69, 9.17) is 0 Å². The molecule has 114 valence electrons. The van der Waals surface area contributed by atoms with Gasteiger partial charge in [0, 0.05) is 18.9 Å². The lowest BCUT2D eigenvalue weighted by Gasteiger charge is -2.19. The first-order chi connectivity index (χ1) is 10.2. The molecule has 0 aliphatic carbocycles.